The van der Waals surface area contributed by atoms with Gasteiger partial charge in [-0.3, -0.25) is 0 Å². The van der Waals surface area contributed by atoms with E-state index in [1.54, 1.807) is 11.8 Å². The third kappa shape index (κ3) is 0.917. The van der Waals surface area contributed by atoms with Gasteiger partial charge in [-0.15, -0.1) is 23.4 Å². The third-order valence-electron chi connectivity index (χ3n) is 1.40. The molecule has 0 nitrogen and oxygen atoms in total. The van der Waals surface area contributed by atoms with E-state index in [2.05, 4.69) is 0 Å². The monoisotopic (exact) mass is 178 g/mol. The summed E-state index contributed by atoms with van der Waals surface area (Å²) in [6.07, 6.45) is 5.83. The first-order valence-corrected chi connectivity index (χ1v) is 4.27. The van der Waals surface area contributed by atoms with Crippen LogP contribution in [0.3, 0.4) is 0 Å². The van der Waals surface area contributed by atoms with Crippen molar-refractivity contribution in [1.82, 2.24) is 0 Å². The molecule has 0 N–H and O–H groups in total. The van der Waals surface area contributed by atoms with E-state index in [1.165, 1.54) is 0 Å². The van der Waals surface area contributed by atoms with Crippen molar-refractivity contribution in [1.29, 1.82) is 0 Å². The predicted molar refractivity (Wildman–Crippen MR) is 43.0 cm³/mol. The molecule has 0 aromatic rings. The van der Waals surface area contributed by atoms with E-state index in [1.807, 2.05) is 18.2 Å². The average molecular weight is 179 g/mol. The normalized spacial score (nSPS) is 46.0. The number of hydrogen-bond donors (Lipinski definition) is 0. The van der Waals surface area contributed by atoms with Crippen LogP contribution in [0.4, 0.5) is 0 Å². The molecule has 9 heavy (non-hydrogen) atoms. The molecule has 0 saturated carbocycles. The number of thioether (sulfide) groups is 1. The van der Waals surface area contributed by atoms with E-state index in [0.29, 0.717) is 5.25 Å². The van der Waals surface area contributed by atoms with Crippen molar-refractivity contribution in [3.63, 3.8) is 0 Å². The van der Waals surface area contributed by atoms with E-state index in [0.717, 1.165) is 5.03 Å². The Bertz CT molecular complexity index is 209. The van der Waals surface area contributed by atoms with Gasteiger partial charge in [-0.2, -0.15) is 0 Å². The first kappa shape index (κ1) is 6.14. The summed E-state index contributed by atoms with van der Waals surface area (Å²) in [6, 6.07) is 0. The number of fused-ring (bicyclic) bond motifs is 1. The van der Waals surface area contributed by atoms with Crippen LogP contribution >= 0.6 is 35.0 Å². The minimum atomic E-state index is -0.175. The van der Waals surface area contributed by atoms with Crippen LogP contribution in [0.5, 0.6) is 0 Å². The highest BCUT2D eigenvalue weighted by Crippen LogP contribution is 2.60. The molecule has 0 aromatic heterocycles. The largest absolute Gasteiger partial charge is 0.125 e. The highest BCUT2D eigenvalue weighted by atomic mass is 35.5. The lowest BCUT2D eigenvalue weighted by atomic mass is 10.2. The van der Waals surface area contributed by atoms with Gasteiger partial charge in [0.25, 0.3) is 0 Å². The molecule has 2 aliphatic rings. The zero-order valence-corrected chi connectivity index (χ0v) is 6.80. The van der Waals surface area contributed by atoms with Gasteiger partial charge in [-0.25, -0.2) is 0 Å². The lowest BCUT2D eigenvalue weighted by molar-refractivity contribution is 1.12. The predicted octanol–water partition coefficient (Wildman–Crippen LogP) is 2.73. The molecule has 2 rings (SSSR count). The zero-order chi connectivity index (χ0) is 6.48. The number of halogens is 2. The molecule has 2 unspecified atom stereocenters. The minimum absolute atomic E-state index is 0.175. The van der Waals surface area contributed by atoms with Gasteiger partial charge in [-0.05, 0) is 12.2 Å². The number of allylic oxidation sites excluding steroid dienone is 2. The van der Waals surface area contributed by atoms with Crippen LogP contribution in [0.25, 0.3) is 0 Å². The van der Waals surface area contributed by atoms with Crippen molar-refractivity contribution >= 4 is 35.0 Å². The second-order valence-corrected chi connectivity index (χ2v) is 4.83. The Labute approximate surface area is 67.9 Å². The Kier molecular flexibility index (Phi) is 1.17. The summed E-state index contributed by atoms with van der Waals surface area (Å²) in [7, 11) is 0. The molecule has 0 aromatic carbocycles. The maximum absolute atomic E-state index is 5.99. The summed E-state index contributed by atoms with van der Waals surface area (Å²) >= 11 is 13.4. The van der Waals surface area contributed by atoms with E-state index in [4.69, 9.17) is 23.2 Å². The molecule has 3 heteroatoms. The van der Waals surface area contributed by atoms with Gasteiger partial charge >= 0.3 is 0 Å². The van der Waals surface area contributed by atoms with E-state index in [9.17, 15) is 0 Å². The summed E-state index contributed by atoms with van der Waals surface area (Å²) in [5.41, 5.74) is 0. The molecule has 1 saturated heterocycles. The molecular formula is C6H4Cl2S. The smallest absolute Gasteiger partial charge is 0.123 e. The molecule has 0 bridgehead atoms. The van der Waals surface area contributed by atoms with Crippen molar-refractivity contribution in [2.45, 2.75) is 9.46 Å². The fraction of sp³-hybridized carbons (Fsp3) is 0.333. The molecule has 1 fully saturated rings. The summed E-state index contributed by atoms with van der Waals surface area (Å²) < 4.78 is -0.175. The molecule has 0 amide bonds. The lowest BCUT2D eigenvalue weighted by Crippen LogP contribution is -2.02. The van der Waals surface area contributed by atoms with Gasteiger partial charge in [0.15, 0.2) is 0 Å². The summed E-state index contributed by atoms with van der Waals surface area (Å²) in [6.45, 7) is 0. The number of rotatable bonds is 0. The van der Waals surface area contributed by atoms with Crippen LogP contribution in [0.1, 0.15) is 0 Å². The Morgan fingerprint density at radius 1 is 1.67 bits per heavy atom. The van der Waals surface area contributed by atoms with E-state index >= 15 is 0 Å². The summed E-state index contributed by atoms with van der Waals surface area (Å²) in [5.74, 6) is 0. The molecular weight excluding hydrogens is 175 g/mol. The van der Waals surface area contributed by atoms with Crippen LogP contribution in [0.2, 0.25) is 0 Å². The van der Waals surface area contributed by atoms with Gasteiger partial charge < -0.3 is 0 Å². The second kappa shape index (κ2) is 1.71. The van der Waals surface area contributed by atoms with Crippen molar-refractivity contribution in [2.24, 2.45) is 0 Å². The summed E-state index contributed by atoms with van der Waals surface area (Å²) in [4.78, 5) is 0. The first-order valence-electron chi connectivity index (χ1n) is 2.64. The van der Waals surface area contributed by atoms with Gasteiger partial charge in [0.05, 0.1) is 5.25 Å². The molecule has 48 valence electrons. The molecule has 0 radical (unpaired) electrons. The first-order chi connectivity index (χ1) is 4.21. The van der Waals surface area contributed by atoms with Crippen LogP contribution in [0, 0.1) is 0 Å². The van der Waals surface area contributed by atoms with Gasteiger partial charge in [-0.1, -0.05) is 17.7 Å². The fourth-order valence-corrected chi connectivity index (χ4v) is 2.53. The van der Waals surface area contributed by atoms with Crippen molar-refractivity contribution < 1.29 is 0 Å². The Morgan fingerprint density at radius 2 is 2.44 bits per heavy atom. The molecule has 2 atom stereocenters. The average Bonchev–Trinajstić information content (AvgIpc) is 2.38. The number of hydrogen-bond acceptors (Lipinski definition) is 1. The molecule has 1 aliphatic heterocycles. The van der Waals surface area contributed by atoms with Crippen molar-refractivity contribution in [3.05, 3.63) is 23.3 Å². The maximum atomic E-state index is 5.99. The highest BCUT2D eigenvalue weighted by Gasteiger charge is 2.52. The van der Waals surface area contributed by atoms with E-state index in [-0.39, 0.29) is 4.21 Å². The van der Waals surface area contributed by atoms with Gasteiger partial charge in [0, 0.05) is 5.03 Å². The van der Waals surface area contributed by atoms with Crippen LogP contribution in [-0.4, -0.2) is 9.46 Å². The molecule has 0 spiro atoms. The Hall–Kier alpha value is 0.410. The highest BCUT2D eigenvalue weighted by molar-refractivity contribution is 8.10. The number of alkyl halides is 1. The lowest BCUT2D eigenvalue weighted by Gasteiger charge is -2.01. The van der Waals surface area contributed by atoms with E-state index < -0.39 is 0 Å². The van der Waals surface area contributed by atoms with Crippen molar-refractivity contribution in [3.8, 4) is 0 Å². The SMILES string of the molecule is ClC1=CC2(Cl)SC2C=C1. The Morgan fingerprint density at radius 3 is 3.00 bits per heavy atom. The quantitative estimate of drug-likeness (QED) is 0.407. The van der Waals surface area contributed by atoms with Crippen LogP contribution in [-0.2, 0) is 0 Å². The zero-order valence-electron chi connectivity index (χ0n) is 4.47. The van der Waals surface area contributed by atoms with Crippen LogP contribution < -0.4 is 0 Å². The van der Waals surface area contributed by atoms with Gasteiger partial charge in [0.1, 0.15) is 4.21 Å². The van der Waals surface area contributed by atoms with Crippen LogP contribution in [0.15, 0.2) is 23.3 Å². The minimum Gasteiger partial charge on any atom is -0.123 e. The van der Waals surface area contributed by atoms with Crippen molar-refractivity contribution in [2.75, 3.05) is 0 Å². The third-order valence-corrected chi connectivity index (χ3v) is 3.64. The fourth-order valence-electron chi connectivity index (χ4n) is 0.863. The van der Waals surface area contributed by atoms with Gasteiger partial charge in [0.2, 0.25) is 0 Å². The maximum Gasteiger partial charge on any atom is 0.125 e. The molecule has 1 aliphatic carbocycles. The standard InChI is InChI=1S/C6H4Cl2S/c7-4-1-2-5-6(8,3-4)9-5/h1-3,5H. The molecule has 1 heterocycles. The summed E-state index contributed by atoms with van der Waals surface area (Å²) in [5, 5.41) is 1.23. The second-order valence-electron chi connectivity index (χ2n) is 2.12. The topological polar surface area (TPSA) is 0 Å². The Balaban J connectivity index is 2.34.